The fraction of sp³-hybridized carbons (Fsp3) is 0.571. The normalized spacial score (nSPS) is 34.9. The lowest BCUT2D eigenvalue weighted by Crippen LogP contribution is -2.58. The summed E-state index contributed by atoms with van der Waals surface area (Å²) < 4.78 is 0. The van der Waals surface area contributed by atoms with E-state index < -0.39 is 0 Å². The summed E-state index contributed by atoms with van der Waals surface area (Å²) in [5.41, 5.74) is 2.08. The van der Waals surface area contributed by atoms with Crippen molar-refractivity contribution in [1.29, 1.82) is 0 Å². The highest BCUT2D eigenvalue weighted by atomic mass is 15.2. The highest BCUT2D eigenvalue weighted by molar-refractivity contribution is 5.31. The van der Waals surface area contributed by atoms with Crippen molar-refractivity contribution in [2.45, 2.75) is 25.2 Å². The molecule has 3 aliphatic rings. The van der Waals surface area contributed by atoms with Crippen molar-refractivity contribution >= 4 is 0 Å². The van der Waals surface area contributed by atoms with Crippen LogP contribution in [0, 0.1) is 5.92 Å². The molecular weight excluding hydrogens is 182 g/mol. The molecule has 2 saturated heterocycles. The lowest BCUT2D eigenvalue weighted by atomic mass is 9.56. The van der Waals surface area contributed by atoms with Gasteiger partial charge in [0.1, 0.15) is 0 Å². The predicted molar refractivity (Wildman–Crippen MR) is 63.0 cm³/mol. The van der Waals surface area contributed by atoms with E-state index in [0.717, 1.165) is 5.92 Å². The van der Waals surface area contributed by atoms with Crippen molar-refractivity contribution in [3.63, 3.8) is 0 Å². The van der Waals surface area contributed by atoms with E-state index in [1.165, 1.54) is 32.5 Å². The molecule has 0 amide bonds. The molecule has 0 N–H and O–H groups in total. The largest absolute Gasteiger partial charge is 0.302 e. The minimum Gasteiger partial charge on any atom is -0.302 e. The molecule has 0 radical (unpaired) electrons. The van der Waals surface area contributed by atoms with Gasteiger partial charge in [-0.05, 0) is 30.9 Å². The van der Waals surface area contributed by atoms with E-state index >= 15 is 0 Å². The van der Waals surface area contributed by atoms with Gasteiger partial charge in [-0.3, -0.25) is 0 Å². The summed E-state index contributed by atoms with van der Waals surface area (Å²) in [6.07, 6.45) is 2.85. The molecule has 3 fully saturated rings. The molecule has 2 aliphatic heterocycles. The molecule has 15 heavy (non-hydrogen) atoms. The average molecular weight is 201 g/mol. The monoisotopic (exact) mass is 201 g/mol. The molecule has 0 atom stereocenters. The van der Waals surface area contributed by atoms with E-state index in [1.54, 1.807) is 5.56 Å². The second kappa shape index (κ2) is 3.34. The first-order valence-electron chi connectivity index (χ1n) is 6.10. The predicted octanol–water partition coefficient (Wildman–Crippen LogP) is 2.67. The molecule has 0 aromatic heterocycles. The van der Waals surface area contributed by atoms with Crippen molar-refractivity contribution in [3.8, 4) is 0 Å². The Kier molecular flexibility index (Phi) is 2.10. The number of piperidine rings is 2. The van der Waals surface area contributed by atoms with E-state index in [4.69, 9.17) is 0 Å². The van der Waals surface area contributed by atoms with Crippen molar-refractivity contribution in [2.75, 3.05) is 19.6 Å². The topological polar surface area (TPSA) is 3.24 Å². The van der Waals surface area contributed by atoms with Gasteiger partial charge in [-0.15, -0.1) is 0 Å². The second-order valence-corrected chi connectivity index (χ2v) is 5.25. The molecule has 1 aliphatic carbocycles. The maximum Gasteiger partial charge on any atom is 0.00865 e. The summed E-state index contributed by atoms with van der Waals surface area (Å²) in [7, 11) is 0. The Bertz CT molecular complexity index is 338. The van der Waals surface area contributed by atoms with E-state index in [2.05, 4.69) is 42.2 Å². The van der Waals surface area contributed by atoms with Gasteiger partial charge < -0.3 is 4.90 Å². The Balaban J connectivity index is 1.87. The Hall–Kier alpha value is -0.820. The van der Waals surface area contributed by atoms with Crippen molar-refractivity contribution in [3.05, 3.63) is 35.9 Å². The first kappa shape index (κ1) is 9.41. The van der Waals surface area contributed by atoms with Crippen LogP contribution in [0.15, 0.2) is 30.3 Å². The molecule has 80 valence electrons. The molecule has 2 bridgehead atoms. The summed E-state index contributed by atoms with van der Waals surface area (Å²) in [6.45, 7) is 6.11. The number of benzene rings is 1. The molecule has 1 aromatic carbocycles. The maximum absolute atomic E-state index is 2.62. The standard InChI is InChI=1S/C14H19N/c1-2-15-10-12-8-14(9-12,11-15)13-6-4-3-5-7-13/h3-7,12H,2,8-11H2,1H3. The molecule has 4 rings (SSSR count). The van der Waals surface area contributed by atoms with Gasteiger partial charge in [0.2, 0.25) is 0 Å². The molecule has 1 saturated carbocycles. The molecule has 1 heteroatoms. The average Bonchev–Trinajstić information content (AvgIpc) is 2.29. The van der Waals surface area contributed by atoms with Crippen molar-refractivity contribution in [1.82, 2.24) is 4.90 Å². The minimum atomic E-state index is 0.514. The van der Waals surface area contributed by atoms with E-state index in [9.17, 15) is 0 Å². The van der Waals surface area contributed by atoms with Crippen LogP contribution in [0.1, 0.15) is 25.3 Å². The number of likely N-dealkylation sites (N-methyl/N-ethyl adjacent to an activating group) is 1. The van der Waals surface area contributed by atoms with Crippen LogP contribution >= 0.6 is 0 Å². The molecule has 2 heterocycles. The first-order chi connectivity index (χ1) is 7.32. The summed E-state index contributed by atoms with van der Waals surface area (Å²) in [5, 5.41) is 0. The first-order valence-corrected chi connectivity index (χ1v) is 6.10. The van der Waals surface area contributed by atoms with Crippen molar-refractivity contribution in [2.24, 2.45) is 5.92 Å². The molecule has 1 nitrogen and oxygen atoms in total. The van der Waals surface area contributed by atoms with Crippen LogP contribution in [0.4, 0.5) is 0 Å². The smallest absolute Gasteiger partial charge is 0.00865 e. The van der Waals surface area contributed by atoms with E-state index in [0.29, 0.717) is 5.41 Å². The summed E-state index contributed by atoms with van der Waals surface area (Å²) in [5.74, 6) is 0.971. The highest BCUT2D eigenvalue weighted by Crippen LogP contribution is 2.51. The van der Waals surface area contributed by atoms with Crippen LogP contribution in [0.25, 0.3) is 0 Å². The SMILES string of the molecule is CCN1CC2CC(c3ccccc3)(C2)C1. The lowest BCUT2D eigenvalue weighted by molar-refractivity contribution is -0.000869. The van der Waals surface area contributed by atoms with Gasteiger partial charge in [0.15, 0.2) is 0 Å². The Morgan fingerprint density at radius 2 is 2.00 bits per heavy atom. The number of hydrogen-bond donors (Lipinski definition) is 0. The highest BCUT2D eigenvalue weighted by Gasteiger charge is 2.50. The Labute approximate surface area is 92.1 Å². The Morgan fingerprint density at radius 1 is 1.27 bits per heavy atom. The molecule has 0 spiro atoms. The van der Waals surface area contributed by atoms with Gasteiger partial charge in [-0.25, -0.2) is 0 Å². The van der Waals surface area contributed by atoms with Gasteiger partial charge in [-0.1, -0.05) is 37.3 Å². The second-order valence-electron chi connectivity index (χ2n) is 5.25. The number of nitrogens with zero attached hydrogens (tertiary/aromatic N) is 1. The Morgan fingerprint density at radius 3 is 2.67 bits per heavy atom. The van der Waals surface area contributed by atoms with Gasteiger partial charge >= 0.3 is 0 Å². The van der Waals surface area contributed by atoms with Crippen LogP contribution in [-0.2, 0) is 5.41 Å². The van der Waals surface area contributed by atoms with Crippen LogP contribution in [0.5, 0.6) is 0 Å². The van der Waals surface area contributed by atoms with Crippen LogP contribution in [0.2, 0.25) is 0 Å². The van der Waals surface area contributed by atoms with Gasteiger partial charge in [-0.2, -0.15) is 0 Å². The maximum atomic E-state index is 2.62. The third-order valence-electron chi connectivity index (χ3n) is 4.23. The van der Waals surface area contributed by atoms with Gasteiger partial charge in [0.25, 0.3) is 0 Å². The molecule has 0 unspecified atom stereocenters. The fourth-order valence-corrected chi connectivity index (χ4v) is 3.52. The number of fused-ring (bicyclic) bond motifs is 2. The lowest BCUT2D eigenvalue weighted by Gasteiger charge is -2.57. The molecular formula is C14H19N. The zero-order valence-electron chi connectivity index (χ0n) is 9.45. The summed E-state index contributed by atoms with van der Waals surface area (Å²) in [6, 6.07) is 11.1. The third kappa shape index (κ3) is 1.41. The van der Waals surface area contributed by atoms with Gasteiger partial charge in [0, 0.05) is 18.5 Å². The van der Waals surface area contributed by atoms with Crippen molar-refractivity contribution < 1.29 is 0 Å². The fourth-order valence-electron chi connectivity index (χ4n) is 3.52. The zero-order valence-corrected chi connectivity index (χ0v) is 9.45. The van der Waals surface area contributed by atoms with Crippen LogP contribution in [0.3, 0.4) is 0 Å². The molecule has 1 aromatic rings. The quantitative estimate of drug-likeness (QED) is 0.711. The zero-order chi connectivity index (χ0) is 10.3. The minimum absolute atomic E-state index is 0.514. The van der Waals surface area contributed by atoms with Gasteiger partial charge in [0.05, 0.1) is 0 Å². The number of rotatable bonds is 2. The summed E-state index contributed by atoms with van der Waals surface area (Å²) in [4.78, 5) is 2.62. The van der Waals surface area contributed by atoms with E-state index in [-0.39, 0.29) is 0 Å². The van der Waals surface area contributed by atoms with E-state index in [1.807, 2.05) is 0 Å². The third-order valence-corrected chi connectivity index (χ3v) is 4.23. The summed E-state index contributed by atoms with van der Waals surface area (Å²) >= 11 is 0. The number of hydrogen-bond acceptors (Lipinski definition) is 1. The van der Waals surface area contributed by atoms with Crippen LogP contribution < -0.4 is 0 Å². The van der Waals surface area contributed by atoms with Crippen LogP contribution in [-0.4, -0.2) is 24.5 Å².